The second-order valence-electron chi connectivity index (χ2n) is 7.78. The molecule has 3 unspecified atom stereocenters. The van der Waals surface area contributed by atoms with Crippen molar-refractivity contribution < 1.29 is 4.74 Å². The molecule has 0 amide bonds. The third-order valence-electron chi connectivity index (χ3n) is 5.40. The lowest BCUT2D eigenvalue weighted by atomic mass is 9.83. The summed E-state index contributed by atoms with van der Waals surface area (Å²) in [6.45, 7) is 8.05. The van der Waals surface area contributed by atoms with Gasteiger partial charge >= 0.3 is 0 Å². The molecule has 2 aliphatic rings. The van der Waals surface area contributed by atoms with Crippen LogP contribution in [0.2, 0.25) is 0 Å². The first kappa shape index (κ1) is 17.3. The van der Waals surface area contributed by atoms with Crippen LogP contribution in [0.25, 0.3) is 0 Å². The van der Waals surface area contributed by atoms with Crippen molar-refractivity contribution in [2.45, 2.75) is 84.2 Å². The van der Waals surface area contributed by atoms with Crippen LogP contribution in [-0.2, 0) is 4.74 Å². The summed E-state index contributed by atoms with van der Waals surface area (Å²) in [5, 5.41) is 3.72. The average molecular weight is 296 g/mol. The Morgan fingerprint density at radius 2 is 1.76 bits per heavy atom. The number of nitrogens with one attached hydrogen (secondary N) is 1. The molecule has 0 aromatic rings. The van der Waals surface area contributed by atoms with E-state index in [2.05, 4.69) is 19.2 Å². The summed E-state index contributed by atoms with van der Waals surface area (Å²) in [5.74, 6) is 2.66. The first-order valence-corrected chi connectivity index (χ1v) is 9.58. The molecule has 1 saturated heterocycles. The lowest BCUT2D eigenvalue weighted by Gasteiger charge is -2.26. The van der Waals surface area contributed by atoms with Crippen LogP contribution in [0.1, 0.15) is 78.1 Å². The minimum absolute atomic E-state index is 0.591. The monoisotopic (exact) mass is 295 g/mol. The van der Waals surface area contributed by atoms with Crippen LogP contribution in [0.3, 0.4) is 0 Å². The lowest BCUT2D eigenvalue weighted by molar-refractivity contribution is 0.0992. The average Bonchev–Trinajstić information content (AvgIpc) is 2.87. The molecule has 0 aromatic carbocycles. The molecular weight excluding hydrogens is 258 g/mol. The maximum Gasteiger partial charge on any atom is 0.0576 e. The van der Waals surface area contributed by atoms with E-state index in [1.807, 2.05) is 0 Å². The second-order valence-corrected chi connectivity index (χ2v) is 7.78. The number of ether oxygens (including phenoxy) is 1. The van der Waals surface area contributed by atoms with E-state index in [1.165, 1.54) is 77.3 Å². The smallest absolute Gasteiger partial charge is 0.0576 e. The fourth-order valence-corrected chi connectivity index (χ4v) is 4.15. The predicted molar refractivity (Wildman–Crippen MR) is 90.6 cm³/mol. The van der Waals surface area contributed by atoms with Gasteiger partial charge < -0.3 is 10.1 Å². The van der Waals surface area contributed by atoms with Gasteiger partial charge in [-0.05, 0) is 56.5 Å². The summed E-state index contributed by atoms with van der Waals surface area (Å²) in [7, 11) is 0. The molecule has 1 saturated carbocycles. The normalized spacial score (nSPS) is 30.7. The minimum Gasteiger partial charge on any atom is -0.378 e. The van der Waals surface area contributed by atoms with Gasteiger partial charge in [0.2, 0.25) is 0 Å². The van der Waals surface area contributed by atoms with Gasteiger partial charge in [-0.1, -0.05) is 52.4 Å². The molecule has 2 heteroatoms. The van der Waals surface area contributed by atoms with Crippen molar-refractivity contribution >= 4 is 0 Å². The van der Waals surface area contributed by atoms with Crippen LogP contribution in [0.15, 0.2) is 0 Å². The van der Waals surface area contributed by atoms with Gasteiger partial charge in [-0.3, -0.25) is 0 Å². The van der Waals surface area contributed by atoms with Crippen molar-refractivity contribution in [1.82, 2.24) is 5.32 Å². The largest absolute Gasteiger partial charge is 0.378 e. The molecule has 1 aliphatic heterocycles. The van der Waals surface area contributed by atoms with Gasteiger partial charge in [0.1, 0.15) is 0 Å². The van der Waals surface area contributed by atoms with E-state index in [9.17, 15) is 0 Å². The molecule has 2 nitrogen and oxygen atoms in total. The fraction of sp³-hybridized carbons (Fsp3) is 1.00. The van der Waals surface area contributed by atoms with Crippen molar-refractivity contribution in [1.29, 1.82) is 0 Å². The molecule has 0 aromatic heterocycles. The Bertz CT molecular complexity index is 260. The Labute approximate surface area is 132 Å². The van der Waals surface area contributed by atoms with Crippen molar-refractivity contribution in [3.05, 3.63) is 0 Å². The van der Waals surface area contributed by atoms with Gasteiger partial charge in [0.25, 0.3) is 0 Å². The summed E-state index contributed by atoms with van der Waals surface area (Å²) in [6, 6.07) is 0. The van der Waals surface area contributed by atoms with E-state index < -0.39 is 0 Å². The first-order valence-electron chi connectivity index (χ1n) is 9.58. The van der Waals surface area contributed by atoms with Gasteiger partial charge in [-0.25, -0.2) is 0 Å². The number of hydrogen-bond acceptors (Lipinski definition) is 2. The topological polar surface area (TPSA) is 21.3 Å². The highest BCUT2D eigenvalue weighted by atomic mass is 16.5. The van der Waals surface area contributed by atoms with E-state index in [0.29, 0.717) is 6.10 Å². The van der Waals surface area contributed by atoms with E-state index >= 15 is 0 Å². The van der Waals surface area contributed by atoms with Crippen LogP contribution >= 0.6 is 0 Å². The highest BCUT2D eigenvalue weighted by Crippen LogP contribution is 2.32. The van der Waals surface area contributed by atoms with Gasteiger partial charge in [0.15, 0.2) is 0 Å². The molecule has 0 radical (unpaired) electrons. The summed E-state index contributed by atoms with van der Waals surface area (Å²) < 4.78 is 5.77. The number of rotatable bonds is 8. The van der Waals surface area contributed by atoms with E-state index in [1.54, 1.807) is 0 Å². The molecule has 2 rings (SSSR count). The quantitative estimate of drug-likeness (QED) is 0.651. The second kappa shape index (κ2) is 9.84. The maximum absolute atomic E-state index is 5.77. The van der Waals surface area contributed by atoms with E-state index in [-0.39, 0.29) is 0 Å². The van der Waals surface area contributed by atoms with Crippen LogP contribution in [0, 0.1) is 17.8 Å². The lowest BCUT2D eigenvalue weighted by Crippen LogP contribution is -2.30. The molecule has 1 aliphatic carbocycles. The summed E-state index contributed by atoms with van der Waals surface area (Å²) in [6.07, 6.45) is 14.6. The predicted octanol–water partition coefficient (Wildman–Crippen LogP) is 4.78. The molecule has 3 atom stereocenters. The molecule has 1 heterocycles. The minimum atomic E-state index is 0.591. The summed E-state index contributed by atoms with van der Waals surface area (Å²) >= 11 is 0. The Hall–Kier alpha value is -0.0800. The van der Waals surface area contributed by atoms with E-state index in [4.69, 9.17) is 4.74 Å². The SMILES string of the molecule is CC(C)CNCC1CCCCCC1CCCC1CCCO1. The zero-order valence-electron chi connectivity index (χ0n) is 14.4. The standard InChI is InChI=1S/C19H37NO/c1-16(2)14-20-15-18-9-5-3-4-8-17(18)10-6-11-19-12-7-13-21-19/h16-20H,3-15H2,1-2H3. The molecule has 0 bridgehead atoms. The molecule has 21 heavy (non-hydrogen) atoms. The van der Waals surface area contributed by atoms with Gasteiger partial charge in [-0.2, -0.15) is 0 Å². The van der Waals surface area contributed by atoms with Crippen molar-refractivity contribution in [2.75, 3.05) is 19.7 Å². The molecule has 0 spiro atoms. The van der Waals surface area contributed by atoms with Gasteiger partial charge in [0, 0.05) is 6.61 Å². The number of hydrogen-bond donors (Lipinski definition) is 1. The van der Waals surface area contributed by atoms with Crippen LogP contribution < -0.4 is 5.32 Å². The molecule has 1 N–H and O–H groups in total. The highest BCUT2D eigenvalue weighted by molar-refractivity contribution is 4.77. The van der Waals surface area contributed by atoms with Crippen LogP contribution in [-0.4, -0.2) is 25.8 Å². The van der Waals surface area contributed by atoms with Crippen molar-refractivity contribution in [3.63, 3.8) is 0 Å². The third-order valence-corrected chi connectivity index (χ3v) is 5.40. The van der Waals surface area contributed by atoms with Crippen molar-refractivity contribution in [3.8, 4) is 0 Å². The van der Waals surface area contributed by atoms with Crippen molar-refractivity contribution in [2.24, 2.45) is 17.8 Å². The highest BCUT2D eigenvalue weighted by Gasteiger charge is 2.24. The zero-order valence-corrected chi connectivity index (χ0v) is 14.4. The van der Waals surface area contributed by atoms with Gasteiger partial charge in [-0.15, -0.1) is 0 Å². The Morgan fingerprint density at radius 1 is 0.952 bits per heavy atom. The molecular formula is C19H37NO. The first-order chi connectivity index (χ1) is 10.3. The summed E-state index contributed by atoms with van der Waals surface area (Å²) in [5.41, 5.74) is 0. The maximum atomic E-state index is 5.77. The fourth-order valence-electron chi connectivity index (χ4n) is 4.15. The summed E-state index contributed by atoms with van der Waals surface area (Å²) in [4.78, 5) is 0. The molecule has 2 fully saturated rings. The third kappa shape index (κ3) is 6.69. The van der Waals surface area contributed by atoms with Crippen LogP contribution in [0.4, 0.5) is 0 Å². The zero-order chi connectivity index (χ0) is 14.9. The van der Waals surface area contributed by atoms with Gasteiger partial charge in [0.05, 0.1) is 6.10 Å². The Kier molecular flexibility index (Phi) is 8.10. The Balaban J connectivity index is 1.69. The Morgan fingerprint density at radius 3 is 2.48 bits per heavy atom. The van der Waals surface area contributed by atoms with Crippen LogP contribution in [0.5, 0.6) is 0 Å². The molecule has 124 valence electrons. The van der Waals surface area contributed by atoms with E-state index in [0.717, 1.165) is 24.4 Å².